The van der Waals surface area contributed by atoms with E-state index < -0.39 is 0 Å². The van der Waals surface area contributed by atoms with Crippen LogP contribution in [0.4, 0.5) is 0 Å². The van der Waals surface area contributed by atoms with Crippen LogP contribution in [0, 0.1) is 13.8 Å². The minimum atomic E-state index is 1.05. The first kappa shape index (κ1) is 16.3. The first-order valence-corrected chi connectivity index (χ1v) is 9.52. The lowest BCUT2D eigenvalue weighted by Crippen LogP contribution is -2.41. The molecule has 3 aromatic rings. The molecule has 0 radical (unpaired) electrons. The van der Waals surface area contributed by atoms with Gasteiger partial charge >= 0.3 is 0 Å². The zero-order valence-electron chi connectivity index (χ0n) is 15.4. The summed E-state index contributed by atoms with van der Waals surface area (Å²) in [5.74, 6) is 0. The van der Waals surface area contributed by atoms with Crippen molar-refractivity contribution in [1.82, 2.24) is 9.47 Å². The third kappa shape index (κ3) is 3.34. The second kappa shape index (κ2) is 7.01. The number of rotatable bonds is 4. The van der Waals surface area contributed by atoms with Gasteiger partial charge in [0.05, 0.1) is 0 Å². The molecular formula is C22H28N3+. The molecule has 0 atom stereocenters. The Morgan fingerprint density at radius 3 is 2.60 bits per heavy atom. The molecule has 1 aromatic heterocycles. The summed E-state index contributed by atoms with van der Waals surface area (Å²) >= 11 is 0. The van der Waals surface area contributed by atoms with Crippen molar-refractivity contribution in [3.05, 3.63) is 59.9 Å². The summed E-state index contributed by atoms with van der Waals surface area (Å²) in [6.07, 6.45) is 6.40. The second-order valence-corrected chi connectivity index (χ2v) is 7.36. The van der Waals surface area contributed by atoms with Crippen LogP contribution in [0.15, 0.2) is 48.8 Å². The summed E-state index contributed by atoms with van der Waals surface area (Å²) in [4.78, 5) is 2.61. The second-order valence-electron chi connectivity index (χ2n) is 7.36. The summed E-state index contributed by atoms with van der Waals surface area (Å²) in [7, 11) is 0. The summed E-state index contributed by atoms with van der Waals surface area (Å²) < 4.78 is 4.78. The third-order valence-electron chi connectivity index (χ3n) is 5.44. The van der Waals surface area contributed by atoms with Gasteiger partial charge < -0.3 is 0 Å². The highest BCUT2D eigenvalue weighted by molar-refractivity contribution is 5.74. The van der Waals surface area contributed by atoms with Crippen molar-refractivity contribution >= 4 is 11.0 Å². The number of aromatic nitrogens is 2. The molecule has 4 rings (SSSR count). The first-order chi connectivity index (χ1) is 12.2. The fraction of sp³-hybridized carbons (Fsp3) is 0.409. The van der Waals surface area contributed by atoms with Crippen LogP contribution in [0.5, 0.6) is 0 Å². The normalized spacial score (nSPS) is 15.8. The molecule has 2 heterocycles. The minimum absolute atomic E-state index is 1.05. The van der Waals surface area contributed by atoms with Gasteiger partial charge in [0.15, 0.2) is 11.0 Å². The monoisotopic (exact) mass is 334 g/mol. The van der Waals surface area contributed by atoms with E-state index in [9.17, 15) is 0 Å². The van der Waals surface area contributed by atoms with E-state index in [0.717, 1.165) is 13.1 Å². The number of fused-ring (bicyclic) bond motifs is 1. The van der Waals surface area contributed by atoms with E-state index in [2.05, 4.69) is 76.7 Å². The number of para-hydroxylation sites is 2. The standard InChI is InChI=1S/C22H28N3/c1-18-10-11-19(2)22(16-18)25-17-24(20-8-4-5-9-21(20)25)15-14-23-12-6-3-7-13-23/h4-5,8-11,16-17H,3,6-7,12-15H2,1-2H3/q+1. The maximum atomic E-state index is 2.61. The third-order valence-corrected chi connectivity index (χ3v) is 5.44. The highest BCUT2D eigenvalue weighted by atomic mass is 15.2. The van der Waals surface area contributed by atoms with Gasteiger partial charge in [-0.15, -0.1) is 0 Å². The molecule has 0 amide bonds. The zero-order chi connectivity index (χ0) is 17.2. The number of hydrogen-bond acceptors (Lipinski definition) is 1. The molecule has 25 heavy (non-hydrogen) atoms. The number of piperidine rings is 1. The Balaban J connectivity index is 1.70. The lowest BCUT2D eigenvalue weighted by molar-refractivity contribution is -0.671. The van der Waals surface area contributed by atoms with E-state index in [1.807, 2.05) is 0 Å². The topological polar surface area (TPSA) is 12.0 Å². The average Bonchev–Trinajstić information content (AvgIpc) is 3.02. The molecule has 2 aromatic carbocycles. The van der Waals surface area contributed by atoms with Crippen molar-refractivity contribution in [3.8, 4) is 5.69 Å². The highest BCUT2D eigenvalue weighted by Gasteiger charge is 2.19. The van der Waals surface area contributed by atoms with E-state index in [1.54, 1.807) is 0 Å². The smallest absolute Gasteiger partial charge is 0.250 e. The first-order valence-electron chi connectivity index (χ1n) is 9.52. The molecule has 130 valence electrons. The minimum Gasteiger partial charge on any atom is -0.299 e. The Morgan fingerprint density at radius 2 is 1.76 bits per heavy atom. The predicted octanol–water partition coefficient (Wildman–Crippen LogP) is 4.02. The van der Waals surface area contributed by atoms with Crippen LogP contribution in [0.25, 0.3) is 16.7 Å². The Hall–Kier alpha value is -2.13. The van der Waals surface area contributed by atoms with Crippen LogP contribution in [-0.4, -0.2) is 29.1 Å². The van der Waals surface area contributed by atoms with Crippen LogP contribution in [0.2, 0.25) is 0 Å². The number of benzene rings is 2. The highest BCUT2D eigenvalue weighted by Crippen LogP contribution is 2.21. The molecule has 0 bridgehead atoms. The van der Waals surface area contributed by atoms with E-state index in [1.165, 1.54) is 60.2 Å². The number of aryl methyl sites for hydroxylation is 2. The van der Waals surface area contributed by atoms with Crippen molar-refractivity contribution in [2.24, 2.45) is 0 Å². The fourth-order valence-corrected chi connectivity index (χ4v) is 3.96. The van der Waals surface area contributed by atoms with Gasteiger partial charge in [0.2, 0.25) is 6.33 Å². The van der Waals surface area contributed by atoms with Gasteiger partial charge in [0.25, 0.3) is 0 Å². The molecule has 1 fully saturated rings. The Bertz CT molecular complexity index is 872. The van der Waals surface area contributed by atoms with Crippen LogP contribution in [0.1, 0.15) is 30.4 Å². The Morgan fingerprint density at radius 1 is 0.960 bits per heavy atom. The number of imidazole rings is 1. The molecular weight excluding hydrogens is 306 g/mol. The van der Waals surface area contributed by atoms with E-state index in [0.29, 0.717) is 0 Å². The van der Waals surface area contributed by atoms with Crippen molar-refractivity contribution in [1.29, 1.82) is 0 Å². The Labute approximate surface area is 150 Å². The zero-order valence-corrected chi connectivity index (χ0v) is 15.4. The maximum absolute atomic E-state index is 2.61. The summed E-state index contributed by atoms with van der Waals surface area (Å²) in [5, 5.41) is 0. The number of likely N-dealkylation sites (tertiary alicyclic amines) is 1. The number of hydrogen-bond donors (Lipinski definition) is 0. The molecule has 0 unspecified atom stereocenters. The van der Waals surface area contributed by atoms with E-state index in [-0.39, 0.29) is 0 Å². The average molecular weight is 334 g/mol. The van der Waals surface area contributed by atoms with Gasteiger partial charge in [-0.2, -0.15) is 4.57 Å². The molecule has 0 N–H and O–H groups in total. The van der Waals surface area contributed by atoms with Gasteiger partial charge in [-0.05, 0) is 69.1 Å². The SMILES string of the molecule is Cc1ccc(C)c(-n2c[n+](CCN3CCCCC3)c3ccccc32)c1. The van der Waals surface area contributed by atoms with Gasteiger partial charge in [-0.1, -0.05) is 30.7 Å². The molecule has 3 nitrogen and oxygen atoms in total. The molecule has 1 aliphatic heterocycles. The molecule has 0 spiro atoms. The van der Waals surface area contributed by atoms with Gasteiger partial charge in [0.1, 0.15) is 12.2 Å². The largest absolute Gasteiger partial charge is 0.299 e. The summed E-state index contributed by atoms with van der Waals surface area (Å²) in [6.45, 7) is 9.08. The number of nitrogens with zero attached hydrogens (tertiary/aromatic N) is 3. The molecule has 1 saturated heterocycles. The molecule has 1 aliphatic rings. The van der Waals surface area contributed by atoms with Crippen LogP contribution >= 0.6 is 0 Å². The van der Waals surface area contributed by atoms with Crippen molar-refractivity contribution in [2.45, 2.75) is 39.7 Å². The summed E-state index contributed by atoms with van der Waals surface area (Å²) in [6, 6.07) is 15.5. The molecule has 3 heteroatoms. The lowest BCUT2D eigenvalue weighted by atomic mass is 10.1. The quantitative estimate of drug-likeness (QED) is 0.656. The van der Waals surface area contributed by atoms with Crippen LogP contribution in [-0.2, 0) is 6.54 Å². The van der Waals surface area contributed by atoms with Crippen LogP contribution in [0.3, 0.4) is 0 Å². The molecule has 0 saturated carbocycles. The molecule has 0 aliphatic carbocycles. The van der Waals surface area contributed by atoms with E-state index >= 15 is 0 Å². The van der Waals surface area contributed by atoms with Gasteiger partial charge in [-0.25, -0.2) is 4.57 Å². The van der Waals surface area contributed by atoms with Gasteiger partial charge in [-0.3, -0.25) is 4.90 Å². The fourth-order valence-electron chi connectivity index (χ4n) is 3.96. The van der Waals surface area contributed by atoms with Crippen LogP contribution < -0.4 is 4.57 Å². The van der Waals surface area contributed by atoms with E-state index in [4.69, 9.17) is 0 Å². The Kier molecular flexibility index (Phi) is 4.58. The lowest BCUT2D eigenvalue weighted by Gasteiger charge is -2.25. The van der Waals surface area contributed by atoms with Gasteiger partial charge in [0, 0.05) is 6.54 Å². The van der Waals surface area contributed by atoms with Crippen molar-refractivity contribution in [2.75, 3.05) is 19.6 Å². The summed E-state index contributed by atoms with van der Waals surface area (Å²) in [5.41, 5.74) is 6.51. The maximum Gasteiger partial charge on any atom is 0.250 e. The van der Waals surface area contributed by atoms with Crippen molar-refractivity contribution in [3.63, 3.8) is 0 Å². The predicted molar refractivity (Wildman–Crippen MR) is 103 cm³/mol. The van der Waals surface area contributed by atoms with Crippen molar-refractivity contribution < 1.29 is 4.57 Å².